The Bertz CT molecular complexity index is 494. The van der Waals surface area contributed by atoms with Crippen molar-refractivity contribution in [1.29, 1.82) is 5.26 Å². The highest BCUT2D eigenvalue weighted by molar-refractivity contribution is 5.97. The largest absolute Gasteiger partial charge is 0.465 e. The zero-order valence-electron chi connectivity index (χ0n) is 11.5. The van der Waals surface area contributed by atoms with E-state index in [2.05, 4.69) is 23.5 Å². The van der Waals surface area contributed by atoms with Crippen LogP contribution in [0.1, 0.15) is 19.4 Å². The third kappa shape index (κ3) is 3.85. The molecule has 0 amide bonds. The smallest absolute Gasteiger partial charge is 0.348 e. The Hall–Kier alpha value is -2.28. The highest BCUT2D eigenvalue weighted by Crippen LogP contribution is 2.16. The minimum atomic E-state index is -0.615. The first-order valence-corrected chi connectivity index (χ1v) is 6.21. The summed E-state index contributed by atoms with van der Waals surface area (Å²) >= 11 is 0. The summed E-state index contributed by atoms with van der Waals surface area (Å²) in [7, 11) is 1.26. The Labute approximate surface area is 113 Å². The van der Waals surface area contributed by atoms with Crippen molar-refractivity contribution in [3.63, 3.8) is 0 Å². The highest BCUT2D eigenvalue weighted by atomic mass is 16.5. The van der Waals surface area contributed by atoms with Crippen LogP contribution in [0.4, 0.5) is 5.69 Å². The third-order valence-electron chi connectivity index (χ3n) is 2.86. The van der Waals surface area contributed by atoms with Gasteiger partial charge in [-0.1, -0.05) is 12.1 Å². The summed E-state index contributed by atoms with van der Waals surface area (Å²) in [6.07, 6.45) is 1.53. The van der Waals surface area contributed by atoms with Gasteiger partial charge in [-0.25, -0.2) is 4.79 Å². The lowest BCUT2D eigenvalue weighted by atomic mass is 10.1. The molecule has 0 atom stereocenters. The average Bonchev–Trinajstić information content (AvgIpc) is 2.46. The lowest BCUT2D eigenvalue weighted by Crippen LogP contribution is -2.21. The molecule has 0 N–H and O–H groups in total. The minimum absolute atomic E-state index is 0.00177. The van der Waals surface area contributed by atoms with Crippen LogP contribution in [0.5, 0.6) is 0 Å². The Balaban J connectivity index is 2.96. The quantitative estimate of drug-likeness (QED) is 0.463. The molecule has 1 aromatic carbocycles. The van der Waals surface area contributed by atoms with Crippen LogP contribution in [0.15, 0.2) is 29.8 Å². The van der Waals surface area contributed by atoms with E-state index in [0.29, 0.717) is 0 Å². The topological polar surface area (TPSA) is 53.3 Å². The maximum atomic E-state index is 11.3. The summed E-state index contributed by atoms with van der Waals surface area (Å²) in [5.74, 6) is -0.615. The zero-order chi connectivity index (χ0) is 14.3. The van der Waals surface area contributed by atoms with Crippen molar-refractivity contribution in [3.8, 4) is 6.07 Å². The second-order valence-electron chi connectivity index (χ2n) is 3.93. The lowest BCUT2D eigenvalue weighted by Gasteiger charge is -2.20. The molecule has 0 aliphatic rings. The van der Waals surface area contributed by atoms with Crippen molar-refractivity contribution in [2.24, 2.45) is 0 Å². The predicted octanol–water partition coefficient (Wildman–Crippen LogP) is 2.61. The molecule has 4 nitrogen and oxygen atoms in total. The van der Waals surface area contributed by atoms with Gasteiger partial charge in [0, 0.05) is 18.8 Å². The standard InChI is InChI=1S/C15H18N2O2/c1-4-17(5-2)14-8-6-12(7-9-14)10-13(11-16)15(18)19-3/h6-10H,4-5H2,1-3H3. The summed E-state index contributed by atoms with van der Waals surface area (Å²) in [6.45, 7) is 6.08. The van der Waals surface area contributed by atoms with E-state index in [9.17, 15) is 4.79 Å². The molecule has 0 aliphatic heterocycles. The number of hydrogen-bond donors (Lipinski definition) is 0. The van der Waals surface area contributed by atoms with Crippen LogP contribution in [0.2, 0.25) is 0 Å². The number of benzene rings is 1. The summed E-state index contributed by atoms with van der Waals surface area (Å²) < 4.78 is 4.53. The van der Waals surface area contributed by atoms with E-state index in [0.717, 1.165) is 24.3 Å². The van der Waals surface area contributed by atoms with Gasteiger partial charge in [-0.15, -0.1) is 0 Å². The van der Waals surface area contributed by atoms with Crippen LogP contribution < -0.4 is 4.90 Å². The Morgan fingerprint density at radius 1 is 1.32 bits per heavy atom. The van der Waals surface area contributed by atoms with Crippen molar-refractivity contribution in [2.75, 3.05) is 25.1 Å². The van der Waals surface area contributed by atoms with Crippen LogP contribution in [0.3, 0.4) is 0 Å². The normalized spacial score (nSPS) is 10.7. The molecule has 0 saturated carbocycles. The van der Waals surface area contributed by atoms with Gasteiger partial charge in [0.25, 0.3) is 0 Å². The fraction of sp³-hybridized carbons (Fsp3) is 0.333. The molecule has 0 spiro atoms. The number of anilines is 1. The van der Waals surface area contributed by atoms with Gasteiger partial charge in [0.15, 0.2) is 0 Å². The van der Waals surface area contributed by atoms with Crippen LogP contribution in [-0.4, -0.2) is 26.2 Å². The number of esters is 1. The van der Waals surface area contributed by atoms with Crippen LogP contribution in [-0.2, 0) is 9.53 Å². The summed E-state index contributed by atoms with van der Waals surface area (Å²) in [6, 6.07) is 9.56. The summed E-state index contributed by atoms with van der Waals surface area (Å²) in [5, 5.41) is 8.88. The van der Waals surface area contributed by atoms with Gasteiger partial charge < -0.3 is 9.64 Å². The van der Waals surface area contributed by atoms with E-state index in [4.69, 9.17) is 5.26 Å². The molecular weight excluding hydrogens is 240 g/mol. The first-order chi connectivity index (χ1) is 9.15. The SMILES string of the molecule is CCN(CC)c1ccc(C=C(C#N)C(=O)OC)cc1. The molecule has 4 heteroatoms. The number of rotatable bonds is 5. The molecule has 0 fully saturated rings. The van der Waals surface area contributed by atoms with Gasteiger partial charge in [0.1, 0.15) is 11.6 Å². The van der Waals surface area contributed by atoms with E-state index in [1.807, 2.05) is 30.3 Å². The molecule has 0 radical (unpaired) electrons. The molecule has 0 aromatic heterocycles. The molecular formula is C15H18N2O2. The molecule has 0 saturated heterocycles. The van der Waals surface area contributed by atoms with Crippen LogP contribution >= 0.6 is 0 Å². The van der Waals surface area contributed by atoms with E-state index in [1.165, 1.54) is 13.2 Å². The molecule has 0 heterocycles. The molecule has 0 unspecified atom stereocenters. The van der Waals surface area contributed by atoms with Crippen molar-refractivity contribution in [2.45, 2.75) is 13.8 Å². The third-order valence-corrected chi connectivity index (χ3v) is 2.86. The van der Waals surface area contributed by atoms with E-state index >= 15 is 0 Å². The molecule has 1 aromatic rings. The summed E-state index contributed by atoms with van der Waals surface area (Å²) in [5.41, 5.74) is 1.93. The number of hydrogen-bond acceptors (Lipinski definition) is 4. The van der Waals surface area contributed by atoms with E-state index < -0.39 is 5.97 Å². The maximum absolute atomic E-state index is 11.3. The first kappa shape index (κ1) is 14.8. The second kappa shape index (κ2) is 7.22. The van der Waals surface area contributed by atoms with E-state index in [1.54, 1.807) is 0 Å². The van der Waals surface area contributed by atoms with Gasteiger partial charge in [-0.3, -0.25) is 0 Å². The highest BCUT2D eigenvalue weighted by Gasteiger charge is 2.08. The molecule has 100 valence electrons. The molecule has 1 rings (SSSR count). The predicted molar refractivity (Wildman–Crippen MR) is 75.6 cm³/mol. The van der Waals surface area contributed by atoms with Crippen LogP contribution in [0, 0.1) is 11.3 Å². The minimum Gasteiger partial charge on any atom is -0.465 e. The number of methoxy groups -OCH3 is 1. The van der Waals surface area contributed by atoms with Gasteiger partial charge in [-0.05, 0) is 37.6 Å². The average molecular weight is 258 g/mol. The fourth-order valence-electron chi connectivity index (χ4n) is 1.78. The monoisotopic (exact) mass is 258 g/mol. The second-order valence-corrected chi connectivity index (χ2v) is 3.93. The molecule has 19 heavy (non-hydrogen) atoms. The van der Waals surface area contributed by atoms with Crippen molar-refractivity contribution in [3.05, 3.63) is 35.4 Å². The Kier molecular flexibility index (Phi) is 5.62. The maximum Gasteiger partial charge on any atom is 0.348 e. The van der Waals surface area contributed by atoms with Gasteiger partial charge in [0.05, 0.1) is 7.11 Å². The number of nitrogens with zero attached hydrogens (tertiary/aromatic N) is 2. The van der Waals surface area contributed by atoms with Crippen molar-refractivity contribution < 1.29 is 9.53 Å². The number of ether oxygens (including phenoxy) is 1. The van der Waals surface area contributed by atoms with E-state index in [-0.39, 0.29) is 5.57 Å². The van der Waals surface area contributed by atoms with Crippen molar-refractivity contribution in [1.82, 2.24) is 0 Å². The van der Waals surface area contributed by atoms with Crippen LogP contribution in [0.25, 0.3) is 6.08 Å². The van der Waals surface area contributed by atoms with Gasteiger partial charge in [-0.2, -0.15) is 5.26 Å². The summed E-state index contributed by atoms with van der Waals surface area (Å²) in [4.78, 5) is 13.5. The number of carbonyl (C=O) groups excluding carboxylic acids is 1. The molecule has 0 bridgehead atoms. The number of carbonyl (C=O) groups is 1. The number of nitriles is 1. The Morgan fingerprint density at radius 3 is 2.32 bits per heavy atom. The zero-order valence-corrected chi connectivity index (χ0v) is 11.5. The van der Waals surface area contributed by atoms with Gasteiger partial charge >= 0.3 is 5.97 Å². The van der Waals surface area contributed by atoms with Crippen molar-refractivity contribution >= 4 is 17.7 Å². The first-order valence-electron chi connectivity index (χ1n) is 6.21. The molecule has 0 aliphatic carbocycles. The lowest BCUT2D eigenvalue weighted by molar-refractivity contribution is -0.135. The fourth-order valence-corrected chi connectivity index (χ4v) is 1.78. The Morgan fingerprint density at radius 2 is 1.89 bits per heavy atom. The van der Waals surface area contributed by atoms with Gasteiger partial charge in [0.2, 0.25) is 0 Å².